The first-order valence-electron chi connectivity index (χ1n) is 13.7. The number of pyridine rings is 1. The molecule has 0 atom stereocenters. The lowest BCUT2D eigenvalue weighted by Gasteiger charge is -2.33. The van der Waals surface area contributed by atoms with Gasteiger partial charge in [0.2, 0.25) is 5.88 Å². The topological polar surface area (TPSA) is 124 Å². The van der Waals surface area contributed by atoms with E-state index in [0.717, 1.165) is 12.1 Å². The molecule has 0 bridgehead atoms. The second-order valence-electron chi connectivity index (χ2n) is 11.3. The van der Waals surface area contributed by atoms with Gasteiger partial charge in [0, 0.05) is 42.2 Å². The Morgan fingerprint density at radius 1 is 0.977 bits per heavy atom. The quantitative estimate of drug-likeness (QED) is 0.274. The van der Waals surface area contributed by atoms with Gasteiger partial charge in [-0.1, -0.05) is 0 Å². The lowest BCUT2D eigenvalue weighted by atomic mass is 9.90. The molecule has 0 spiro atoms. The second kappa shape index (κ2) is 11.9. The number of carbonyl (C=O) groups is 1. The average molecular weight is 630 g/mol. The highest BCUT2D eigenvalue weighted by Crippen LogP contribution is 2.36. The molecule has 0 saturated carbocycles. The van der Waals surface area contributed by atoms with E-state index in [-0.39, 0.29) is 23.0 Å². The third-order valence-corrected chi connectivity index (χ3v) is 8.46. The number of hydrogen-bond acceptors (Lipinski definition) is 8. The van der Waals surface area contributed by atoms with Crippen LogP contribution in [0.25, 0.3) is 22.0 Å². The molecule has 1 aliphatic heterocycles. The maximum atomic E-state index is 15.4. The largest absolute Gasteiger partial charge is 0.480 e. The van der Waals surface area contributed by atoms with Crippen LogP contribution < -0.4 is 9.46 Å². The summed E-state index contributed by atoms with van der Waals surface area (Å²) in [6, 6.07) is 6.38. The van der Waals surface area contributed by atoms with Crippen LogP contribution in [0, 0.1) is 17.5 Å². The number of nitrogens with zero attached hydrogens (tertiary/aromatic N) is 4. The van der Waals surface area contributed by atoms with Gasteiger partial charge in [0.15, 0.2) is 0 Å². The number of rotatable bonds is 6. The summed E-state index contributed by atoms with van der Waals surface area (Å²) >= 11 is 0. The number of amides is 1. The first-order chi connectivity index (χ1) is 20.8. The number of fused-ring (bicyclic) bond motifs is 1. The Kier molecular flexibility index (Phi) is 8.38. The zero-order valence-electron chi connectivity index (χ0n) is 24.4. The van der Waals surface area contributed by atoms with E-state index in [2.05, 4.69) is 19.7 Å². The predicted molar refractivity (Wildman–Crippen MR) is 156 cm³/mol. The van der Waals surface area contributed by atoms with E-state index >= 15 is 4.39 Å². The summed E-state index contributed by atoms with van der Waals surface area (Å²) in [5, 5.41) is 0.463. The van der Waals surface area contributed by atoms with Crippen molar-refractivity contribution in [2.24, 2.45) is 0 Å². The van der Waals surface area contributed by atoms with Crippen LogP contribution in [-0.4, -0.2) is 60.2 Å². The fourth-order valence-electron chi connectivity index (χ4n) is 5.04. The van der Waals surface area contributed by atoms with E-state index in [1.807, 2.05) is 0 Å². The normalized spacial score (nSPS) is 14.5. The van der Waals surface area contributed by atoms with E-state index in [0.29, 0.717) is 54.2 Å². The maximum absolute atomic E-state index is 15.4. The van der Waals surface area contributed by atoms with Crippen LogP contribution in [0.5, 0.6) is 5.88 Å². The molecule has 0 aliphatic carbocycles. The molecule has 232 valence electrons. The van der Waals surface area contributed by atoms with Crippen LogP contribution in [0.2, 0.25) is 0 Å². The summed E-state index contributed by atoms with van der Waals surface area (Å²) < 4.78 is 81.9. The van der Waals surface area contributed by atoms with Crippen LogP contribution in [0.4, 0.5) is 23.7 Å². The Hall–Kier alpha value is -4.46. The highest BCUT2D eigenvalue weighted by atomic mass is 32.2. The number of likely N-dealkylation sites (tertiary alicyclic amines) is 1. The molecule has 1 N–H and O–H groups in total. The number of anilines is 1. The zero-order valence-corrected chi connectivity index (χ0v) is 25.2. The van der Waals surface area contributed by atoms with Crippen molar-refractivity contribution in [3.63, 3.8) is 0 Å². The summed E-state index contributed by atoms with van der Waals surface area (Å²) in [6.07, 6.45) is 3.44. The zero-order chi connectivity index (χ0) is 31.8. The number of sulfonamides is 1. The number of methoxy groups -OCH3 is 1. The summed E-state index contributed by atoms with van der Waals surface area (Å²) in [6.45, 7) is 6.29. The van der Waals surface area contributed by atoms with Gasteiger partial charge in [-0.25, -0.2) is 41.3 Å². The Labute approximate surface area is 252 Å². The average Bonchev–Trinajstić information content (AvgIpc) is 2.95. The molecule has 14 heteroatoms. The third kappa shape index (κ3) is 6.54. The molecule has 0 radical (unpaired) electrons. The van der Waals surface area contributed by atoms with Gasteiger partial charge >= 0.3 is 6.09 Å². The molecular weight excluding hydrogens is 599 g/mol. The molecule has 10 nitrogen and oxygen atoms in total. The van der Waals surface area contributed by atoms with Crippen LogP contribution in [0.15, 0.2) is 53.8 Å². The predicted octanol–water partition coefficient (Wildman–Crippen LogP) is 6.03. The van der Waals surface area contributed by atoms with Gasteiger partial charge in [0.05, 0.1) is 12.8 Å². The molecule has 0 unspecified atom stereocenters. The van der Waals surface area contributed by atoms with Gasteiger partial charge in [-0.05, 0) is 69.5 Å². The Morgan fingerprint density at radius 2 is 1.70 bits per heavy atom. The lowest BCUT2D eigenvalue weighted by Crippen LogP contribution is -2.41. The van der Waals surface area contributed by atoms with E-state index in [4.69, 9.17) is 9.47 Å². The van der Waals surface area contributed by atoms with Crippen LogP contribution in [0.3, 0.4) is 0 Å². The SMILES string of the molecule is COc1ncc(-c2cc(F)c3ncnc(C4CCN(C(=O)OC(C)(C)C)CC4)c3c2)cc1NS(=O)(=O)c1ccc(F)cc1F. The highest BCUT2D eigenvalue weighted by Gasteiger charge is 2.29. The van der Waals surface area contributed by atoms with Gasteiger partial charge in [-0.3, -0.25) is 4.72 Å². The van der Waals surface area contributed by atoms with Crippen molar-refractivity contribution >= 4 is 32.7 Å². The molecule has 2 aromatic carbocycles. The van der Waals surface area contributed by atoms with E-state index < -0.39 is 44.1 Å². The summed E-state index contributed by atoms with van der Waals surface area (Å²) in [5.41, 5.74) is 0.640. The number of halogens is 3. The number of ether oxygens (including phenoxy) is 2. The standard InChI is InChI=1S/C30H30F3N5O5S/c1-30(2,3)43-29(39)38-9-7-17(8-10-38)26-21-11-18(12-23(33)27(21)36-16-35-26)19-13-24(28(42-4)34-15-19)37-44(40,41)25-6-5-20(31)14-22(25)32/h5-6,11-17,37H,7-10H2,1-4H3. The monoisotopic (exact) mass is 629 g/mol. The lowest BCUT2D eigenvalue weighted by molar-refractivity contribution is 0.0204. The second-order valence-corrected chi connectivity index (χ2v) is 13.0. The Bertz CT molecular complexity index is 1840. The highest BCUT2D eigenvalue weighted by molar-refractivity contribution is 7.92. The van der Waals surface area contributed by atoms with Gasteiger partial charge in [-0.15, -0.1) is 0 Å². The van der Waals surface area contributed by atoms with Crippen LogP contribution in [-0.2, 0) is 14.8 Å². The molecule has 5 rings (SSSR count). The van der Waals surface area contributed by atoms with Crippen LogP contribution >= 0.6 is 0 Å². The van der Waals surface area contributed by atoms with E-state index in [9.17, 15) is 22.0 Å². The molecule has 1 fully saturated rings. The molecule has 1 amide bonds. The number of aromatic nitrogens is 3. The van der Waals surface area contributed by atoms with Gasteiger partial charge in [0.25, 0.3) is 10.0 Å². The van der Waals surface area contributed by atoms with Crippen molar-refractivity contribution in [3.8, 4) is 17.0 Å². The molecule has 3 heterocycles. The van der Waals surface area contributed by atoms with Crippen molar-refractivity contribution in [2.45, 2.75) is 50.0 Å². The molecule has 2 aromatic heterocycles. The molecule has 1 aliphatic rings. The number of piperidine rings is 1. The number of benzene rings is 2. The van der Waals surface area contributed by atoms with Gasteiger partial charge < -0.3 is 14.4 Å². The smallest absolute Gasteiger partial charge is 0.410 e. The molecule has 4 aromatic rings. The first-order valence-corrected chi connectivity index (χ1v) is 15.2. The number of carbonyl (C=O) groups excluding carboxylic acids is 1. The fourth-order valence-corrected chi connectivity index (χ4v) is 6.15. The van der Waals surface area contributed by atoms with Crippen molar-refractivity contribution in [1.29, 1.82) is 0 Å². The summed E-state index contributed by atoms with van der Waals surface area (Å²) in [5.74, 6) is -3.05. The van der Waals surface area contributed by atoms with Crippen LogP contribution in [0.1, 0.15) is 45.2 Å². The third-order valence-electron chi connectivity index (χ3n) is 7.06. The Balaban J connectivity index is 1.47. The fraction of sp³-hybridized carbons (Fsp3) is 0.333. The van der Waals surface area contributed by atoms with E-state index in [1.54, 1.807) is 31.7 Å². The summed E-state index contributed by atoms with van der Waals surface area (Å²) in [4.78, 5) is 26.2. The van der Waals surface area contributed by atoms with Crippen molar-refractivity contribution in [2.75, 3.05) is 24.9 Å². The summed E-state index contributed by atoms with van der Waals surface area (Å²) in [7, 11) is -3.25. The van der Waals surface area contributed by atoms with Crippen molar-refractivity contribution in [1.82, 2.24) is 19.9 Å². The van der Waals surface area contributed by atoms with Gasteiger partial charge in [-0.2, -0.15) is 0 Å². The molecule has 44 heavy (non-hydrogen) atoms. The van der Waals surface area contributed by atoms with Crippen molar-refractivity contribution in [3.05, 3.63) is 72.1 Å². The van der Waals surface area contributed by atoms with Crippen molar-refractivity contribution < 1.29 is 35.9 Å². The van der Waals surface area contributed by atoms with E-state index in [1.165, 1.54) is 31.8 Å². The molecule has 1 saturated heterocycles. The minimum atomic E-state index is -4.52. The first kappa shape index (κ1) is 31.0. The Morgan fingerprint density at radius 3 is 2.36 bits per heavy atom. The molecular formula is C30H30F3N5O5S. The number of nitrogens with one attached hydrogen (secondary N) is 1. The van der Waals surface area contributed by atoms with Gasteiger partial charge in [0.1, 0.15) is 45.5 Å². The minimum absolute atomic E-state index is 0.0872. The maximum Gasteiger partial charge on any atom is 0.410 e. The number of hydrogen-bond donors (Lipinski definition) is 1. The minimum Gasteiger partial charge on any atom is -0.480 e.